The molecule has 2 aliphatic heterocycles. The lowest BCUT2D eigenvalue weighted by molar-refractivity contribution is -0.141. The van der Waals surface area contributed by atoms with Gasteiger partial charge >= 0.3 is 6.18 Å². The Labute approximate surface area is 275 Å². The van der Waals surface area contributed by atoms with Gasteiger partial charge in [-0.2, -0.15) is 22.5 Å². The van der Waals surface area contributed by atoms with Gasteiger partial charge in [0.05, 0.1) is 16.9 Å². The number of hydrogen-bond donors (Lipinski definition) is 1. The van der Waals surface area contributed by atoms with Crippen LogP contribution in [0.15, 0.2) is 82.2 Å². The average molecular weight is 689 g/mol. The number of rotatable bonds is 7. The molecule has 2 aromatic heterocycles. The topological polar surface area (TPSA) is 112 Å². The molecule has 0 bridgehead atoms. The maximum absolute atomic E-state index is 13.9. The van der Waals surface area contributed by atoms with Gasteiger partial charge in [0.25, 0.3) is 11.9 Å². The van der Waals surface area contributed by atoms with E-state index in [2.05, 4.69) is 15.3 Å². The number of aromatic nitrogens is 2. The number of amides is 1. The summed E-state index contributed by atoms with van der Waals surface area (Å²) >= 11 is 6.15. The fraction of sp³-hybridized carbons (Fsp3) is 0.344. The second kappa shape index (κ2) is 13.5. The molecule has 15 heteroatoms. The monoisotopic (exact) mass is 688 g/mol. The molecule has 0 spiro atoms. The summed E-state index contributed by atoms with van der Waals surface area (Å²) in [5.74, 6) is -1.22. The number of halogens is 4. The van der Waals surface area contributed by atoms with Gasteiger partial charge in [0.2, 0.25) is 15.8 Å². The van der Waals surface area contributed by atoms with Gasteiger partial charge in [0.1, 0.15) is 10.7 Å². The highest BCUT2D eigenvalue weighted by molar-refractivity contribution is 7.89. The van der Waals surface area contributed by atoms with Crippen LogP contribution in [0.5, 0.6) is 0 Å². The Morgan fingerprint density at radius 1 is 0.894 bits per heavy atom. The van der Waals surface area contributed by atoms with E-state index in [1.54, 1.807) is 23.1 Å². The van der Waals surface area contributed by atoms with Crippen molar-refractivity contribution < 1.29 is 30.8 Å². The van der Waals surface area contributed by atoms with Gasteiger partial charge in [0, 0.05) is 39.3 Å². The van der Waals surface area contributed by atoms with Gasteiger partial charge in [-0.15, -0.1) is 0 Å². The molecule has 2 fully saturated rings. The van der Waals surface area contributed by atoms with Gasteiger partial charge in [-0.05, 0) is 55.0 Å². The predicted octanol–water partition coefficient (Wildman–Crippen LogP) is 6.28. The summed E-state index contributed by atoms with van der Waals surface area (Å²) in [4.78, 5) is 24.7. The van der Waals surface area contributed by atoms with Crippen LogP contribution in [-0.2, 0) is 16.2 Å². The summed E-state index contributed by atoms with van der Waals surface area (Å²) in [6.45, 7) is 2.23. The fourth-order valence-electron chi connectivity index (χ4n) is 5.91. The predicted molar refractivity (Wildman–Crippen MR) is 171 cm³/mol. The molecule has 10 nitrogen and oxygen atoms in total. The lowest BCUT2D eigenvalue weighted by atomic mass is 9.90. The summed E-state index contributed by atoms with van der Waals surface area (Å²) in [5, 5.41) is 2.59. The Morgan fingerprint density at radius 3 is 2.30 bits per heavy atom. The van der Waals surface area contributed by atoms with E-state index in [1.807, 2.05) is 35.2 Å². The second-order valence-corrected chi connectivity index (χ2v) is 13.7. The third-order valence-electron chi connectivity index (χ3n) is 8.37. The van der Waals surface area contributed by atoms with E-state index < -0.39 is 33.6 Å². The van der Waals surface area contributed by atoms with E-state index in [-0.39, 0.29) is 34.1 Å². The smallest absolute Gasteiger partial charge is 0.417 e. The van der Waals surface area contributed by atoms with E-state index in [4.69, 9.17) is 16.0 Å². The van der Waals surface area contributed by atoms with Crippen LogP contribution in [0.2, 0.25) is 5.02 Å². The first-order valence-corrected chi connectivity index (χ1v) is 17.0. The van der Waals surface area contributed by atoms with E-state index in [0.29, 0.717) is 57.8 Å². The van der Waals surface area contributed by atoms with Crippen LogP contribution < -0.4 is 15.1 Å². The Bertz CT molecular complexity index is 1810. The Kier molecular flexibility index (Phi) is 9.44. The van der Waals surface area contributed by atoms with Crippen LogP contribution in [0.3, 0.4) is 0 Å². The highest BCUT2D eigenvalue weighted by Gasteiger charge is 2.42. The van der Waals surface area contributed by atoms with E-state index in [0.717, 1.165) is 0 Å². The van der Waals surface area contributed by atoms with Crippen molar-refractivity contribution in [3.8, 4) is 0 Å². The number of benzene rings is 2. The average Bonchev–Trinajstić information content (AvgIpc) is 3.38. The molecule has 2 aromatic carbocycles. The van der Waals surface area contributed by atoms with Gasteiger partial charge < -0.3 is 19.5 Å². The van der Waals surface area contributed by atoms with Crippen LogP contribution >= 0.6 is 11.6 Å². The first-order valence-electron chi connectivity index (χ1n) is 15.2. The maximum Gasteiger partial charge on any atom is 0.437 e. The number of alkyl halides is 3. The van der Waals surface area contributed by atoms with Gasteiger partial charge in [-0.1, -0.05) is 54.1 Å². The van der Waals surface area contributed by atoms with Gasteiger partial charge in [0.15, 0.2) is 5.69 Å². The quantitative estimate of drug-likeness (QED) is 0.242. The minimum Gasteiger partial charge on any atom is -0.417 e. The van der Waals surface area contributed by atoms with Crippen molar-refractivity contribution in [2.24, 2.45) is 0 Å². The Morgan fingerprint density at radius 2 is 1.62 bits per heavy atom. The molecule has 0 radical (unpaired) electrons. The number of nitrogens with zero attached hydrogens (tertiary/aromatic N) is 5. The molecular formula is C32H32ClF3N6O4S. The van der Waals surface area contributed by atoms with E-state index in [1.165, 1.54) is 34.3 Å². The fourth-order valence-corrected chi connectivity index (χ4v) is 7.87. The van der Waals surface area contributed by atoms with Crippen molar-refractivity contribution in [3.05, 3.63) is 95.0 Å². The Balaban J connectivity index is 1.10. The Hall–Kier alpha value is -4.14. The van der Waals surface area contributed by atoms with Crippen molar-refractivity contribution in [2.75, 3.05) is 54.4 Å². The van der Waals surface area contributed by atoms with Crippen molar-refractivity contribution in [1.29, 1.82) is 0 Å². The minimum absolute atomic E-state index is 0.0496. The molecule has 4 heterocycles. The lowest BCUT2D eigenvalue weighted by Gasteiger charge is -2.31. The lowest BCUT2D eigenvalue weighted by Crippen LogP contribution is -2.35. The molecule has 0 aliphatic carbocycles. The first kappa shape index (κ1) is 32.8. The van der Waals surface area contributed by atoms with Crippen molar-refractivity contribution >= 4 is 45.1 Å². The third-order valence-corrected chi connectivity index (χ3v) is 10.8. The molecule has 47 heavy (non-hydrogen) atoms. The number of hydrogen-bond acceptors (Lipinski definition) is 8. The molecule has 6 rings (SSSR count). The van der Waals surface area contributed by atoms with E-state index >= 15 is 0 Å². The number of nitrogens with one attached hydrogen (secondary N) is 1. The van der Waals surface area contributed by atoms with Crippen molar-refractivity contribution in [2.45, 2.75) is 36.3 Å². The molecule has 0 saturated carbocycles. The van der Waals surface area contributed by atoms with Gasteiger partial charge in [-0.3, -0.25) is 4.79 Å². The maximum atomic E-state index is 13.9. The molecule has 2 saturated heterocycles. The molecule has 1 N–H and O–H groups in total. The van der Waals surface area contributed by atoms with Crippen LogP contribution in [0.25, 0.3) is 0 Å². The van der Waals surface area contributed by atoms with Crippen LogP contribution in [0.4, 0.5) is 30.7 Å². The minimum atomic E-state index is -4.90. The third kappa shape index (κ3) is 7.24. The van der Waals surface area contributed by atoms with Crippen molar-refractivity contribution in [1.82, 2.24) is 14.3 Å². The molecule has 2 aliphatic rings. The summed E-state index contributed by atoms with van der Waals surface area (Å²) in [6, 6.07) is 19.1. The zero-order valence-electron chi connectivity index (χ0n) is 25.2. The molecule has 0 atom stereocenters. The largest absolute Gasteiger partial charge is 0.437 e. The summed E-state index contributed by atoms with van der Waals surface area (Å²) in [7, 11) is -3.79. The molecule has 0 unspecified atom stereocenters. The van der Waals surface area contributed by atoms with Crippen LogP contribution in [0, 0.1) is 0 Å². The number of anilines is 3. The zero-order valence-corrected chi connectivity index (χ0v) is 26.7. The first-order chi connectivity index (χ1) is 22.5. The zero-order chi connectivity index (χ0) is 33.2. The standard InChI is InChI=1S/C32H32ClF3N6O4S/c33-25-9-4-5-10-26(25)47(44,45)42-16-6-15-40(19-20-42)27-12-11-24(21-37-27)38-30(43)28-29(32(34,35)36)39-31(46-28)41-17-13-23(14-18-41)22-7-2-1-3-8-22/h1-5,7-12,21,23H,6,13-20H2,(H,38,43). The highest BCUT2D eigenvalue weighted by Crippen LogP contribution is 2.36. The number of carbonyl (C=O) groups is 1. The van der Waals surface area contributed by atoms with Crippen LogP contribution in [-0.4, -0.2) is 67.9 Å². The van der Waals surface area contributed by atoms with Gasteiger partial charge in [-0.25, -0.2) is 13.4 Å². The van der Waals surface area contributed by atoms with E-state index in [9.17, 15) is 26.4 Å². The number of pyridine rings is 1. The number of oxazole rings is 1. The summed E-state index contributed by atoms with van der Waals surface area (Å²) < 4.78 is 75.0. The second-order valence-electron chi connectivity index (χ2n) is 11.4. The summed E-state index contributed by atoms with van der Waals surface area (Å²) in [6.07, 6.45) is -1.63. The number of carbonyl (C=O) groups excluding carboxylic acids is 1. The molecule has 1 amide bonds. The van der Waals surface area contributed by atoms with Crippen molar-refractivity contribution in [3.63, 3.8) is 0 Å². The molecule has 248 valence electrons. The number of sulfonamides is 1. The highest BCUT2D eigenvalue weighted by atomic mass is 35.5. The SMILES string of the molecule is O=C(Nc1ccc(N2CCCN(S(=O)(=O)c3ccccc3Cl)CC2)nc1)c1oc(N2CCC(c3ccccc3)CC2)nc1C(F)(F)F. The molecular weight excluding hydrogens is 657 g/mol. The van der Waals surface area contributed by atoms with Crippen LogP contribution in [0.1, 0.15) is 47.0 Å². The summed E-state index contributed by atoms with van der Waals surface area (Å²) in [5.41, 5.74) is -0.0544. The number of piperidine rings is 1. The molecule has 4 aromatic rings. The normalized spacial score (nSPS) is 17.0.